The minimum atomic E-state index is 0.209. The Morgan fingerprint density at radius 3 is 2.65 bits per heavy atom. The summed E-state index contributed by atoms with van der Waals surface area (Å²) in [5.74, 6) is 0. The molecule has 1 N–H and O–H groups in total. The molecule has 3 aromatic rings. The predicted octanol–water partition coefficient (Wildman–Crippen LogP) is 5.28. The van der Waals surface area contributed by atoms with E-state index in [0.29, 0.717) is 0 Å². The van der Waals surface area contributed by atoms with Crippen LogP contribution in [-0.4, -0.2) is 7.05 Å². The van der Waals surface area contributed by atoms with Gasteiger partial charge in [-0.15, -0.1) is 11.3 Å². The molecule has 0 radical (unpaired) electrons. The topological polar surface area (TPSA) is 12.0 Å². The molecule has 0 saturated heterocycles. The van der Waals surface area contributed by atoms with Crippen LogP contribution in [0.25, 0.3) is 10.1 Å². The summed E-state index contributed by atoms with van der Waals surface area (Å²) in [6.45, 7) is 2.11. The molecule has 102 valence electrons. The summed E-state index contributed by atoms with van der Waals surface area (Å²) in [7, 11) is 2.02. The van der Waals surface area contributed by atoms with Crippen molar-refractivity contribution in [1.29, 1.82) is 0 Å². The molecule has 1 atom stereocenters. The molecule has 20 heavy (non-hydrogen) atoms. The third-order valence-electron chi connectivity index (χ3n) is 3.58. The molecule has 0 fully saturated rings. The number of hydrogen-bond donors (Lipinski definition) is 1. The van der Waals surface area contributed by atoms with Crippen LogP contribution in [0.1, 0.15) is 22.7 Å². The zero-order chi connectivity index (χ0) is 14.1. The summed E-state index contributed by atoms with van der Waals surface area (Å²) in [4.78, 5) is 0. The van der Waals surface area contributed by atoms with Gasteiger partial charge in [0.1, 0.15) is 0 Å². The first-order valence-corrected chi connectivity index (χ1v) is 8.27. The standard InChI is InChI=1S/C17H16BrNS/c1-11-7-8-13(15(18)9-11)17(19-2)14-10-20-16-6-4-3-5-12(14)16/h3-10,17,19H,1-2H3. The molecule has 0 spiro atoms. The van der Waals surface area contributed by atoms with Crippen molar-refractivity contribution in [2.45, 2.75) is 13.0 Å². The van der Waals surface area contributed by atoms with Gasteiger partial charge in [-0.2, -0.15) is 0 Å². The Kier molecular flexibility index (Phi) is 3.92. The Hall–Kier alpha value is -1.16. The molecule has 0 amide bonds. The second kappa shape index (κ2) is 5.68. The van der Waals surface area contributed by atoms with Crippen LogP contribution in [0.2, 0.25) is 0 Å². The monoisotopic (exact) mass is 345 g/mol. The van der Waals surface area contributed by atoms with Gasteiger partial charge in [0.05, 0.1) is 6.04 Å². The lowest BCUT2D eigenvalue weighted by Gasteiger charge is -2.18. The lowest BCUT2D eigenvalue weighted by Crippen LogP contribution is -2.17. The van der Waals surface area contributed by atoms with Crippen LogP contribution in [0.15, 0.2) is 52.3 Å². The second-order valence-electron chi connectivity index (χ2n) is 4.93. The molecule has 0 bridgehead atoms. The first kappa shape index (κ1) is 13.8. The van der Waals surface area contributed by atoms with Crippen LogP contribution in [0.3, 0.4) is 0 Å². The van der Waals surface area contributed by atoms with Crippen molar-refractivity contribution in [3.05, 3.63) is 69.0 Å². The van der Waals surface area contributed by atoms with Crippen molar-refractivity contribution < 1.29 is 0 Å². The molecule has 0 aliphatic carbocycles. The third kappa shape index (κ3) is 2.41. The highest BCUT2D eigenvalue weighted by Gasteiger charge is 2.18. The van der Waals surface area contributed by atoms with Crippen molar-refractivity contribution in [1.82, 2.24) is 5.32 Å². The molecule has 3 heteroatoms. The number of benzene rings is 2. The zero-order valence-corrected chi connectivity index (χ0v) is 13.9. The summed E-state index contributed by atoms with van der Waals surface area (Å²) in [6.07, 6.45) is 0. The SMILES string of the molecule is CNC(c1ccc(C)cc1Br)c1csc2ccccc12. The number of aryl methyl sites for hydroxylation is 1. The Balaban J connectivity index is 2.14. The lowest BCUT2D eigenvalue weighted by molar-refractivity contribution is 0.695. The second-order valence-corrected chi connectivity index (χ2v) is 6.70. The fourth-order valence-corrected chi connectivity index (χ4v) is 4.28. The van der Waals surface area contributed by atoms with Gasteiger partial charge in [-0.25, -0.2) is 0 Å². The Bertz CT molecular complexity index is 748. The van der Waals surface area contributed by atoms with E-state index in [0.717, 1.165) is 4.47 Å². The van der Waals surface area contributed by atoms with Gasteiger partial charge in [-0.3, -0.25) is 0 Å². The Morgan fingerprint density at radius 2 is 1.90 bits per heavy atom. The van der Waals surface area contributed by atoms with Crippen LogP contribution in [0, 0.1) is 6.92 Å². The van der Waals surface area contributed by atoms with Crippen molar-refractivity contribution in [2.75, 3.05) is 7.05 Å². The summed E-state index contributed by atoms with van der Waals surface area (Å²) < 4.78 is 2.50. The molecule has 2 aromatic carbocycles. The minimum absolute atomic E-state index is 0.209. The molecule has 1 nitrogen and oxygen atoms in total. The number of hydrogen-bond acceptors (Lipinski definition) is 2. The zero-order valence-electron chi connectivity index (χ0n) is 11.5. The average molecular weight is 346 g/mol. The van der Waals surface area contributed by atoms with Crippen molar-refractivity contribution in [3.8, 4) is 0 Å². The van der Waals surface area contributed by atoms with Gasteiger partial charge in [-0.1, -0.05) is 46.3 Å². The molecular weight excluding hydrogens is 330 g/mol. The molecular formula is C17H16BrNS. The normalized spacial score (nSPS) is 12.8. The number of halogens is 1. The van der Waals surface area contributed by atoms with E-state index in [1.54, 1.807) is 11.3 Å². The van der Waals surface area contributed by atoms with E-state index in [9.17, 15) is 0 Å². The van der Waals surface area contributed by atoms with Gasteiger partial charge < -0.3 is 5.32 Å². The number of rotatable bonds is 3. The van der Waals surface area contributed by atoms with E-state index in [4.69, 9.17) is 0 Å². The highest BCUT2D eigenvalue weighted by atomic mass is 79.9. The van der Waals surface area contributed by atoms with Gasteiger partial charge >= 0.3 is 0 Å². The molecule has 3 rings (SSSR count). The maximum Gasteiger partial charge on any atom is 0.0599 e. The first-order valence-electron chi connectivity index (χ1n) is 6.60. The summed E-state index contributed by atoms with van der Waals surface area (Å²) in [6, 6.07) is 15.3. The maximum absolute atomic E-state index is 3.70. The maximum atomic E-state index is 3.70. The fourth-order valence-electron chi connectivity index (χ4n) is 2.57. The first-order chi connectivity index (χ1) is 9.70. The van der Waals surface area contributed by atoms with E-state index in [-0.39, 0.29) is 6.04 Å². The molecule has 0 aliphatic rings. The van der Waals surface area contributed by atoms with Crippen LogP contribution in [0.5, 0.6) is 0 Å². The van der Waals surface area contributed by atoms with Crippen LogP contribution in [-0.2, 0) is 0 Å². The average Bonchev–Trinajstić information content (AvgIpc) is 2.86. The largest absolute Gasteiger partial charge is 0.309 e. The summed E-state index contributed by atoms with van der Waals surface area (Å²) in [5, 5.41) is 7.05. The summed E-state index contributed by atoms with van der Waals surface area (Å²) >= 11 is 5.51. The van der Waals surface area contributed by atoms with Gasteiger partial charge in [-0.05, 0) is 53.6 Å². The quantitative estimate of drug-likeness (QED) is 0.680. The molecule has 1 aromatic heterocycles. The van der Waals surface area contributed by atoms with Crippen LogP contribution < -0.4 is 5.32 Å². The number of nitrogens with one attached hydrogen (secondary N) is 1. The molecule has 0 saturated carbocycles. The van der Waals surface area contributed by atoms with Crippen molar-refractivity contribution in [2.24, 2.45) is 0 Å². The van der Waals surface area contributed by atoms with Crippen LogP contribution in [0.4, 0.5) is 0 Å². The third-order valence-corrected chi connectivity index (χ3v) is 5.25. The van der Waals surface area contributed by atoms with Gasteiger partial charge in [0.2, 0.25) is 0 Å². The van der Waals surface area contributed by atoms with E-state index in [1.165, 1.54) is 26.8 Å². The van der Waals surface area contributed by atoms with E-state index >= 15 is 0 Å². The number of fused-ring (bicyclic) bond motifs is 1. The van der Waals surface area contributed by atoms with Gasteiger partial charge in [0.15, 0.2) is 0 Å². The van der Waals surface area contributed by atoms with E-state index in [2.05, 4.69) is 76.0 Å². The van der Waals surface area contributed by atoms with Gasteiger partial charge in [0, 0.05) is 9.17 Å². The molecule has 0 aliphatic heterocycles. The lowest BCUT2D eigenvalue weighted by atomic mass is 9.97. The number of thiophene rings is 1. The molecule has 1 heterocycles. The minimum Gasteiger partial charge on any atom is -0.309 e. The van der Waals surface area contributed by atoms with Gasteiger partial charge in [0.25, 0.3) is 0 Å². The Morgan fingerprint density at radius 1 is 1.10 bits per heavy atom. The molecule has 1 unspecified atom stereocenters. The Labute approximate surface area is 131 Å². The van der Waals surface area contributed by atoms with Crippen molar-refractivity contribution >= 4 is 37.4 Å². The fraction of sp³-hybridized carbons (Fsp3) is 0.176. The van der Waals surface area contributed by atoms with Crippen LogP contribution >= 0.6 is 27.3 Å². The van der Waals surface area contributed by atoms with Crippen molar-refractivity contribution in [3.63, 3.8) is 0 Å². The van der Waals surface area contributed by atoms with E-state index in [1.807, 2.05) is 7.05 Å². The predicted molar refractivity (Wildman–Crippen MR) is 91.6 cm³/mol. The highest BCUT2D eigenvalue weighted by molar-refractivity contribution is 9.10. The highest BCUT2D eigenvalue weighted by Crippen LogP contribution is 2.36. The smallest absolute Gasteiger partial charge is 0.0599 e. The summed E-state index contributed by atoms with van der Waals surface area (Å²) in [5.41, 5.74) is 3.89. The van der Waals surface area contributed by atoms with E-state index < -0.39 is 0 Å².